The molecule has 19 heteroatoms. The van der Waals surface area contributed by atoms with E-state index >= 15 is 0 Å². The minimum atomic E-state index is -2.12. The van der Waals surface area contributed by atoms with E-state index in [0.717, 1.165) is 5.56 Å². The lowest BCUT2D eigenvalue weighted by molar-refractivity contribution is -0.353. The molecule has 0 spiro atoms. The Morgan fingerprint density at radius 3 is 1.99 bits per heavy atom. The molecule has 6 N–H and O–H groups in total. The quantitative estimate of drug-likeness (QED) is 0.0890. The molecule has 19 nitrogen and oxygen atoms in total. The molecule has 0 radical (unpaired) electrons. The molecule has 0 aromatic heterocycles. The van der Waals surface area contributed by atoms with Crippen LogP contribution in [-0.2, 0) is 61.7 Å². The second kappa shape index (κ2) is 20.9. The van der Waals surface area contributed by atoms with Gasteiger partial charge < -0.3 is 82.7 Å². The van der Waals surface area contributed by atoms with Gasteiger partial charge in [-0.05, 0) is 71.4 Å². The maximum Gasteiger partial charge on any atom is 0.331 e. The zero-order valence-corrected chi connectivity index (χ0v) is 43.2. The highest BCUT2D eigenvalue weighted by Crippen LogP contribution is 2.71. The number of hydrogen-bond acceptors (Lipinski definition) is 19. The SMILES string of the molecule is CO[C@@H]1[C@@H](O)[C@H](O[C@H]2[C@@H](OC)C[C@H](O[C@H]3[C@@H](OC)C[C@H](O[C@H]4CC[C@]5(C)[C@H]6C[C@@H](OC(=O)C=Cc7ccccc7)[C@@]7(C)[C@](O)(CC[C@@]7(O)[C@H](C)OC(C)=O)[C@]6(O)C=C[C@@]5(O)C4)O[C@@H]3C)O[C@@H]2C)O[C@H](C)[C@H]1O. The monoisotopic (exact) mass is 1020 g/mol. The number of aliphatic hydroxyl groups is 6. The van der Waals surface area contributed by atoms with Gasteiger partial charge in [0.25, 0.3) is 0 Å². The van der Waals surface area contributed by atoms with Gasteiger partial charge in [0.1, 0.15) is 59.5 Å². The number of ether oxygens (including phenoxy) is 11. The van der Waals surface area contributed by atoms with Crippen molar-refractivity contribution in [1.29, 1.82) is 0 Å². The van der Waals surface area contributed by atoms with Gasteiger partial charge in [0.15, 0.2) is 18.9 Å². The van der Waals surface area contributed by atoms with Gasteiger partial charge >= 0.3 is 11.9 Å². The summed E-state index contributed by atoms with van der Waals surface area (Å²) in [7, 11) is 4.54. The lowest BCUT2D eigenvalue weighted by atomic mass is 9.41. The summed E-state index contributed by atoms with van der Waals surface area (Å²) in [6.07, 6.45) is -5.71. The topological polar surface area (TPSA) is 257 Å². The van der Waals surface area contributed by atoms with Gasteiger partial charge in [-0.3, -0.25) is 4.79 Å². The van der Waals surface area contributed by atoms with Gasteiger partial charge in [-0.25, -0.2) is 4.79 Å². The van der Waals surface area contributed by atoms with Crippen LogP contribution >= 0.6 is 0 Å². The van der Waals surface area contributed by atoms with Gasteiger partial charge in [0.2, 0.25) is 0 Å². The van der Waals surface area contributed by atoms with E-state index in [1.165, 1.54) is 33.1 Å². The van der Waals surface area contributed by atoms with Crippen molar-refractivity contribution in [3.63, 3.8) is 0 Å². The summed E-state index contributed by atoms with van der Waals surface area (Å²) in [5.74, 6) is -2.27. The number of benzene rings is 1. The third-order valence-electron chi connectivity index (χ3n) is 18.1. The number of methoxy groups -OCH3 is 3. The molecular weight excluding hydrogens is 941 g/mol. The number of esters is 2. The van der Waals surface area contributed by atoms with E-state index in [1.807, 2.05) is 51.1 Å². The minimum Gasteiger partial charge on any atom is -0.460 e. The van der Waals surface area contributed by atoms with Crippen molar-refractivity contribution in [2.24, 2.45) is 16.7 Å². The van der Waals surface area contributed by atoms with Crippen LogP contribution in [0, 0.1) is 16.7 Å². The second-order valence-corrected chi connectivity index (χ2v) is 21.9. The summed E-state index contributed by atoms with van der Waals surface area (Å²) in [5.41, 5.74) is -9.79. The van der Waals surface area contributed by atoms with Crippen LogP contribution in [-0.4, -0.2) is 185 Å². The smallest absolute Gasteiger partial charge is 0.331 e. The number of carbonyl (C=O) groups is 2. The van der Waals surface area contributed by atoms with Crippen molar-refractivity contribution in [1.82, 2.24) is 0 Å². The predicted molar refractivity (Wildman–Crippen MR) is 254 cm³/mol. The summed E-state index contributed by atoms with van der Waals surface area (Å²) in [5, 5.41) is 73.1. The average molecular weight is 1020 g/mol. The molecule has 1 aromatic carbocycles. The third kappa shape index (κ3) is 9.33. The molecule has 3 saturated carbocycles. The van der Waals surface area contributed by atoms with Crippen LogP contribution in [0.4, 0.5) is 0 Å². The van der Waals surface area contributed by atoms with Gasteiger partial charge in [-0.15, -0.1) is 0 Å². The zero-order chi connectivity index (χ0) is 52.3. The van der Waals surface area contributed by atoms with Crippen LogP contribution in [0.25, 0.3) is 6.08 Å². The van der Waals surface area contributed by atoms with Crippen LogP contribution < -0.4 is 0 Å². The van der Waals surface area contributed by atoms with Gasteiger partial charge in [-0.1, -0.05) is 56.3 Å². The van der Waals surface area contributed by atoms with E-state index < -0.39 is 149 Å². The molecule has 3 saturated heterocycles. The van der Waals surface area contributed by atoms with Crippen molar-refractivity contribution in [2.45, 2.75) is 220 Å². The highest BCUT2D eigenvalue weighted by atomic mass is 16.8. The Kier molecular flexibility index (Phi) is 16.0. The molecule has 23 atom stereocenters. The molecule has 1 aromatic rings. The molecule has 72 heavy (non-hydrogen) atoms. The predicted octanol–water partition coefficient (Wildman–Crippen LogP) is 3.00. The van der Waals surface area contributed by atoms with Crippen LogP contribution in [0.1, 0.15) is 105 Å². The molecule has 0 unspecified atom stereocenters. The molecular formula is C53H78O19. The molecule has 7 aliphatic rings. The number of fused-ring (bicyclic) bond motifs is 5. The molecule has 3 heterocycles. The van der Waals surface area contributed by atoms with E-state index in [1.54, 1.807) is 40.2 Å². The number of carbonyl (C=O) groups excluding carboxylic acids is 2. The highest BCUT2D eigenvalue weighted by Gasteiger charge is 2.82. The maximum atomic E-state index is 13.8. The average Bonchev–Trinajstić information content (AvgIpc) is 3.57. The lowest BCUT2D eigenvalue weighted by Crippen LogP contribution is -2.80. The largest absolute Gasteiger partial charge is 0.460 e. The van der Waals surface area contributed by atoms with Crippen LogP contribution in [0.5, 0.6) is 0 Å². The maximum absolute atomic E-state index is 13.8. The van der Waals surface area contributed by atoms with Crippen molar-refractivity contribution in [3.8, 4) is 0 Å². The Hall–Kier alpha value is -2.96. The van der Waals surface area contributed by atoms with E-state index in [4.69, 9.17) is 52.1 Å². The Bertz CT molecular complexity index is 2130. The summed E-state index contributed by atoms with van der Waals surface area (Å²) in [6.45, 7) is 11.6. The first kappa shape index (κ1) is 55.3. The first-order valence-electron chi connectivity index (χ1n) is 25.5. The molecule has 6 fully saturated rings. The standard InChI is InChI=1S/C53H78O19/c1-28-42(56)46(64-10)43(57)47(67-28)72-45-30(3)66-41(25-36(45)63-9)71-44-29(2)65-40(24-35(44)62-8)69-34-18-19-48(6)37-26-38(70-39(55)17-16-33-14-12-11-13-15-33)49(7)51(59,31(4)68-32(5)54)22-23-53(49,61)52(37,60)21-20-50(48,58)27-34/h11-17,20-21,28-31,34-38,40-47,56-61H,18-19,22-27H2,1-10H3/t28-,29-,30-,31+,34+,35+,36+,37-,38-,40+,41+,42-,43-,44-,45-,46+,47+,48-,49-,50-,51-,52+,53-/m1/s1. The second-order valence-electron chi connectivity index (χ2n) is 21.9. The van der Waals surface area contributed by atoms with Gasteiger partial charge in [0.05, 0.1) is 47.6 Å². The first-order valence-corrected chi connectivity index (χ1v) is 25.5. The van der Waals surface area contributed by atoms with E-state index in [2.05, 4.69) is 0 Å². The fourth-order valence-corrected chi connectivity index (χ4v) is 13.8. The van der Waals surface area contributed by atoms with Crippen LogP contribution in [0.3, 0.4) is 0 Å². The zero-order valence-electron chi connectivity index (χ0n) is 43.2. The lowest BCUT2D eigenvalue weighted by Gasteiger charge is -2.68. The van der Waals surface area contributed by atoms with Crippen molar-refractivity contribution in [3.05, 3.63) is 54.1 Å². The fourth-order valence-electron chi connectivity index (χ4n) is 13.8. The van der Waals surface area contributed by atoms with Crippen LogP contribution in [0.15, 0.2) is 48.6 Å². The Labute approximate surface area is 422 Å². The Morgan fingerprint density at radius 1 is 0.750 bits per heavy atom. The Morgan fingerprint density at radius 2 is 1.38 bits per heavy atom. The van der Waals surface area contributed by atoms with Crippen LogP contribution in [0.2, 0.25) is 0 Å². The van der Waals surface area contributed by atoms with Crippen molar-refractivity contribution in [2.75, 3.05) is 21.3 Å². The van der Waals surface area contributed by atoms with Gasteiger partial charge in [-0.2, -0.15) is 0 Å². The highest BCUT2D eigenvalue weighted by molar-refractivity contribution is 5.87. The fraction of sp³-hybridized carbons (Fsp3) is 0.774. The molecule has 3 aliphatic heterocycles. The molecule has 0 amide bonds. The summed E-state index contributed by atoms with van der Waals surface area (Å²) >= 11 is 0. The molecule has 4 aliphatic carbocycles. The molecule has 8 rings (SSSR count). The first-order chi connectivity index (χ1) is 33.9. The molecule has 404 valence electrons. The number of rotatable bonds is 14. The minimum absolute atomic E-state index is 0.0520. The molecule has 0 bridgehead atoms. The van der Waals surface area contributed by atoms with E-state index in [-0.39, 0.29) is 38.5 Å². The number of aliphatic hydroxyl groups excluding tert-OH is 2. The third-order valence-corrected chi connectivity index (χ3v) is 18.1. The van der Waals surface area contributed by atoms with E-state index in [9.17, 15) is 40.2 Å². The van der Waals surface area contributed by atoms with Gasteiger partial charge in [0, 0.05) is 64.9 Å². The normalized spacial score (nSPS) is 48.6. The summed E-state index contributed by atoms with van der Waals surface area (Å²) in [4.78, 5) is 26.0. The summed E-state index contributed by atoms with van der Waals surface area (Å²) in [6, 6.07) is 9.17. The van der Waals surface area contributed by atoms with E-state index in [0.29, 0.717) is 12.8 Å². The summed E-state index contributed by atoms with van der Waals surface area (Å²) < 4.78 is 67.1. The number of hydrogen-bond donors (Lipinski definition) is 6. The Balaban J connectivity index is 0.955. The van der Waals surface area contributed by atoms with Crippen molar-refractivity contribution < 1.29 is 92.3 Å². The van der Waals surface area contributed by atoms with Crippen molar-refractivity contribution >= 4 is 18.0 Å².